The van der Waals surface area contributed by atoms with E-state index in [2.05, 4.69) is 13.2 Å². The van der Waals surface area contributed by atoms with Crippen LogP contribution in [0.5, 0.6) is 0 Å². The first-order chi connectivity index (χ1) is 9.17. The van der Waals surface area contributed by atoms with E-state index in [1.165, 1.54) is 23.5 Å². The molecule has 2 fully saturated rings. The Morgan fingerprint density at radius 1 is 1.00 bits per heavy atom. The molecule has 4 nitrogen and oxygen atoms in total. The molecule has 0 aromatic heterocycles. The Morgan fingerprint density at radius 2 is 1.42 bits per heavy atom. The molecule has 0 spiro atoms. The predicted octanol–water partition coefficient (Wildman–Crippen LogP) is 1.43. The molecular weight excluding hydrogens is 242 g/mol. The number of amides is 2. The number of carbonyl (C=O) groups excluding carboxylic acids is 2. The van der Waals surface area contributed by atoms with Crippen LogP contribution in [0.15, 0.2) is 36.5 Å². The summed E-state index contributed by atoms with van der Waals surface area (Å²) in [6.45, 7) is 7.21. The molecule has 1 N–H and O–H groups in total. The maximum Gasteiger partial charge on any atom is 0.261 e. The zero-order valence-corrected chi connectivity index (χ0v) is 11.1. The van der Waals surface area contributed by atoms with Gasteiger partial charge in [0.15, 0.2) is 0 Å². The van der Waals surface area contributed by atoms with Crippen molar-refractivity contribution in [2.45, 2.75) is 25.3 Å². The van der Waals surface area contributed by atoms with E-state index in [4.69, 9.17) is 5.11 Å². The fourth-order valence-corrected chi connectivity index (χ4v) is 3.20. The summed E-state index contributed by atoms with van der Waals surface area (Å²) in [6, 6.07) is 0.103. The molecule has 0 aromatic carbocycles. The lowest BCUT2D eigenvalue weighted by Crippen LogP contribution is -2.40. The zero-order chi connectivity index (χ0) is 14.2. The molecule has 0 saturated heterocycles. The van der Waals surface area contributed by atoms with Gasteiger partial charge >= 0.3 is 0 Å². The van der Waals surface area contributed by atoms with E-state index in [0.29, 0.717) is 11.1 Å². The molecule has 0 aromatic rings. The van der Waals surface area contributed by atoms with Crippen LogP contribution >= 0.6 is 0 Å². The van der Waals surface area contributed by atoms with Crippen molar-refractivity contribution in [3.05, 3.63) is 36.5 Å². The summed E-state index contributed by atoms with van der Waals surface area (Å²) in [6.07, 6.45) is 6.18. The van der Waals surface area contributed by atoms with Gasteiger partial charge in [-0.2, -0.15) is 0 Å². The first kappa shape index (κ1) is 13.7. The average Bonchev–Trinajstić information content (AvgIpc) is 2.95. The molecule has 1 heterocycles. The number of nitrogens with zero attached hydrogens (tertiary/aromatic N) is 1. The van der Waals surface area contributed by atoms with Crippen molar-refractivity contribution in [3.63, 3.8) is 0 Å². The van der Waals surface area contributed by atoms with E-state index in [0.717, 1.165) is 31.8 Å². The van der Waals surface area contributed by atoms with Crippen LogP contribution in [0.1, 0.15) is 19.3 Å². The summed E-state index contributed by atoms with van der Waals surface area (Å²) in [5, 5.41) is 7.00. The van der Waals surface area contributed by atoms with Gasteiger partial charge in [0.2, 0.25) is 0 Å². The number of carbonyl (C=O) groups is 2. The van der Waals surface area contributed by atoms with Crippen molar-refractivity contribution < 1.29 is 14.7 Å². The summed E-state index contributed by atoms with van der Waals surface area (Å²) >= 11 is 0. The highest BCUT2D eigenvalue weighted by Crippen LogP contribution is 2.53. The van der Waals surface area contributed by atoms with E-state index in [9.17, 15) is 9.59 Å². The van der Waals surface area contributed by atoms with Crippen LogP contribution in [0.4, 0.5) is 0 Å². The Labute approximate surface area is 113 Å². The molecule has 2 saturated carbocycles. The standard InChI is InChI=1S/C14H15NO2.CH4O/c1-3-11-12(4-2)14(17)15(13(11)16)10-6-8-5-9(8)7-10;1-2/h3-4,8-10H,1-2,5-7H2;2H,1H3. The minimum absolute atomic E-state index is 0.103. The molecule has 1 aliphatic heterocycles. The predicted molar refractivity (Wildman–Crippen MR) is 72.0 cm³/mol. The third kappa shape index (κ3) is 2.06. The lowest BCUT2D eigenvalue weighted by Gasteiger charge is -2.23. The Balaban J connectivity index is 0.000000637. The number of hydrogen-bond donors (Lipinski definition) is 1. The molecule has 3 rings (SSSR count). The lowest BCUT2D eigenvalue weighted by atomic mass is 10.1. The molecule has 19 heavy (non-hydrogen) atoms. The fourth-order valence-electron chi connectivity index (χ4n) is 3.20. The number of rotatable bonds is 3. The molecule has 3 aliphatic rings. The highest BCUT2D eigenvalue weighted by atomic mass is 16.2. The van der Waals surface area contributed by atoms with E-state index >= 15 is 0 Å². The normalized spacial score (nSPS) is 31.9. The van der Waals surface area contributed by atoms with Gasteiger partial charge in [0.05, 0.1) is 11.1 Å². The third-order valence-corrected chi connectivity index (χ3v) is 4.18. The van der Waals surface area contributed by atoms with Crippen LogP contribution < -0.4 is 0 Å². The highest BCUT2D eigenvalue weighted by Gasteiger charge is 2.51. The monoisotopic (exact) mass is 261 g/mol. The molecule has 0 radical (unpaired) electrons. The van der Waals surface area contributed by atoms with E-state index < -0.39 is 0 Å². The third-order valence-electron chi connectivity index (χ3n) is 4.18. The summed E-state index contributed by atoms with van der Waals surface area (Å²) in [5.41, 5.74) is 0.816. The summed E-state index contributed by atoms with van der Waals surface area (Å²) < 4.78 is 0. The Hall–Kier alpha value is -1.68. The van der Waals surface area contributed by atoms with Crippen molar-refractivity contribution >= 4 is 11.8 Å². The SMILES string of the molecule is C=CC1=C(C=C)C(=O)N(C2CC3CC3C2)C1=O.CO. The second-order valence-electron chi connectivity index (χ2n) is 5.10. The number of fused-ring (bicyclic) bond motifs is 1. The van der Waals surface area contributed by atoms with Gasteiger partial charge in [-0.15, -0.1) is 0 Å². The van der Waals surface area contributed by atoms with E-state index in [1.54, 1.807) is 0 Å². The number of imide groups is 1. The first-order valence-corrected chi connectivity index (χ1v) is 6.49. The van der Waals surface area contributed by atoms with Crippen LogP contribution in [-0.2, 0) is 9.59 Å². The minimum atomic E-state index is -0.189. The van der Waals surface area contributed by atoms with Gasteiger partial charge in [0, 0.05) is 13.2 Å². The fraction of sp³-hybridized carbons (Fsp3) is 0.467. The van der Waals surface area contributed by atoms with E-state index in [1.807, 2.05) is 0 Å². The Morgan fingerprint density at radius 3 is 1.79 bits per heavy atom. The highest BCUT2D eigenvalue weighted by molar-refractivity contribution is 6.22. The van der Waals surface area contributed by atoms with E-state index in [-0.39, 0.29) is 17.9 Å². The van der Waals surface area contributed by atoms with Gasteiger partial charge in [0.25, 0.3) is 11.8 Å². The molecule has 4 heteroatoms. The Bertz CT molecular complexity index is 438. The molecule has 2 atom stereocenters. The van der Waals surface area contributed by atoms with Crippen LogP contribution in [-0.4, -0.2) is 35.0 Å². The van der Waals surface area contributed by atoms with Crippen LogP contribution in [0, 0.1) is 11.8 Å². The largest absolute Gasteiger partial charge is 0.400 e. The van der Waals surface area contributed by atoms with Gasteiger partial charge in [0.1, 0.15) is 0 Å². The minimum Gasteiger partial charge on any atom is -0.400 e. The zero-order valence-electron chi connectivity index (χ0n) is 11.1. The van der Waals surface area contributed by atoms with Gasteiger partial charge in [-0.3, -0.25) is 14.5 Å². The number of hydrogen-bond acceptors (Lipinski definition) is 3. The average molecular weight is 261 g/mol. The first-order valence-electron chi connectivity index (χ1n) is 6.49. The molecule has 2 unspecified atom stereocenters. The Kier molecular flexibility index (Phi) is 3.71. The van der Waals surface area contributed by atoms with Crippen molar-refractivity contribution in [1.82, 2.24) is 4.90 Å². The van der Waals surface area contributed by atoms with Crippen molar-refractivity contribution in [1.29, 1.82) is 0 Å². The van der Waals surface area contributed by atoms with Gasteiger partial charge in [-0.25, -0.2) is 0 Å². The lowest BCUT2D eigenvalue weighted by molar-refractivity contribution is -0.140. The second-order valence-corrected chi connectivity index (χ2v) is 5.10. The van der Waals surface area contributed by atoms with Gasteiger partial charge in [-0.1, -0.05) is 25.3 Å². The van der Waals surface area contributed by atoms with Crippen molar-refractivity contribution in [2.75, 3.05) is 7.11 Å². The number of aliphatic hydroxyl groups excluding tert-OH is 1. The van der Waals surface area contributed by atoms with Crippen LogP contribution in [0.2, 0.25) is 0 Å². The van der Waals surface area contributed by atoms with Gasteiger partial charge in [-0.05, 0) is 31.1 Å². The van der Waals surface area contributed by atoms with Crippen LogP contribution in [0.3, 0.4) is 0 Å². The van der Waals surface area contributed by atoms with Crippen LogP contribution in [0.25, 0.3) is 0 Å². The summed E-state index contributed by atoms with van der Waals surface area (Å²) in [4.78, 5) is 25.7. The summed E-state index contributed by atoms with van der Waals surface area (Å²) in [7, 11) is 1.00. The maximum absolute atomic E-state index is 12.2. The second kappa shape index (κ2) is 5.13. The van der Waals surface area contributed by atoms with Crippen molar-refractivity contribution in [2.24, 2.45) is 11.8 Å². The molecule has 0 bridgehead atoms. The number of aliphatic hydroxyl groups is 1. The molecular formula is C15H19NO3. The molecule has 2 aliphatic carbocycles. The van der Waals surface area contributed by atoms with Crippen molar-refractivity contribution in [3.8, 4) is 0 Å². The molecule has 102 valence electrons. The summed E-state index contributed by atoms with van der Waals surface area (Å²) in [5.74, 6) is 1.12. The topological polar surface area (TPSA) is 57.6 Å². The molecule has 2 amide bonds. The maximum atomic E-state index is 12.2. The smallest absolute Gasteiger partial charge is 0.261 e. The quantitative estimate of drug-likeness (QED) is 0.782. The van der Waals surface area contributed by atoms with Gasteiger partial charge < -0.3 is 5.11 Å².